The van der Waals surface area contributed by atoms with Gasteiger partial charge in [0.25, 0.3) is 5.89 Å². The molecule has 3 aromatic rings. The number of halogens is 1. The van der Waals surface area contributed by atoms with E-state index in [-0.39, 0.29) is 0 Å². The third-order valence-electron chi connectivity index (χ3n) is 2.97. The number of hydrogen-bond donors (Lipinski definition) is 0. The van der Waals surface area contributed by atoms with Crippen molar-refractivity contribution in [2.75, 3.05) is 5.33 Å². The zero-order chi connectivity index (χ0) is 14.7. The predicted molar refractivity (Wildman–Crippen MR) is 81.1 cm³/mol. The van der Waals surface area contributed by atoms with E-state index < -0.39 is 0 Å². The van der Waals surface area contributed by atoms with E-state index in [0.717, 1.165) is 28.6 Å². The molecule has 1 aromatic carbocycles. The van der Waals surface area contributed by atoms with Gasteiger partial charge in [-0.15, -0.1) is 5.10 Å². The number of aryl methyl sites for hydroxylation is 2. The van der Waals surface area contributed by atoms with Gasteiger partial charge in [-0.3, -0.25) is 0 Å². The van der Waals surface area contributed by atoms with Crippen molar-refractivity contribution in [3.05, 3.63) is 47.5 Å². The number of alkyl halides is 1. The molecule has 0 aliphatic carbocycles. The molecular formula is C14H14BrN5O. The van der Waals surface area contributed by atoms with Crippen molar-refractivity contribution in [1.82, 2.24) is 25.1 Å². The van der Waals surface area contributed by atoms with Gasteiger partial charge >= 0.3 is 0 Å². The predicted octanol–water partition coefficient (Wildman–Crippen LogP) is 2.62. The highest BCUT2D eigenvalue weighted by molar-refractivity contribution is 9.09. The van der Waals surface area contributed by atoms with Crippen LogP contribution >= 0.6 is 15.9 Å². The van der Waals surface area contributed by atoms with Crippen LogP contribution in [0.5, 0.6) is 0 Å². The molecule has 0 aliphatic heterocycles. The molecule has 0 amide bonds. The van der Waals surface area contributed by atoms with Gasteiger partial charge in [-0.2, -0.15) is 4.98 Å². The summed E-state index contributed by atoms with van der Waals surface area (Å²) >= 11 is 3.38. The van der Waals surface area contributed by atoms with E-state index in [4.69, 9.17) is 4.52 Å². The van der Waals surface area contributed by atoms with E-state index in [1.54, 1.807) is 4.68 Å². The highest BCUT2D eigenvalue weighted by atomic mass is 79.9. The average molecular weight is 348 g/mol. The van der Waals surface area contributed by atoms with E-state index in [2.05, 4.69) is 36.4 Å². The normalized spacial score (nSPS) is 11.0. The number of hydrogen-bond acceptors (Lipinski definition) is 5. The Morgan fingerprint density at radius 3 is 3.05 bits per heavy atom. The molecule has 21 heavy (non-hydrogen) atoms. The Hall–Kier alpha value is -2.02. The molecule has 2 aromatic heterocycles. The summed E-state index contributed by atoms with van der Waals surface area (Å²) in [4.78, 5) is 4.40. The van der Waals surface area contributed by atoms with Crippen molar-refractivity contribution in [3.8, 4) is 11.5 Å². The maximum absolute atomic E-state index is 5.30. The van der Waals surface area contributed by atoms with E-state index in [0.29, 0.717) is 18.3 Å². The van der Waals surface area contributed by atoms with Crippen LogP contribution in [0.2, 0.25) is 0 Å². The lowest BCUT2D eigenvalue weighted by Gasteiger charge is -1.95. The van der Waals surface area contributed by atoms with Crippen LogP contribution < -0.4 is 0 Å². The highest BCUT2D eigenvalue weighted by Gasteiger charge is 2.10. The van der Waals surface area contributed by atoms with Gasteiger partial charge in [-0.1, -0.05) is 44.0 Å². The zero-order valence-electron chi connectivity index (χ0n) is 11.5. The van der Waals surface area contributed by atoms with Crippen LogP contribution in [-0.2, 0) is 13.0 Å². The first-order chi connectivity index (χ1) is 10.2. The van der Waals surface area contributed by atoms with Gasteiger partial charge in [0.15, 0.2) is 5.82 Å². The maximum atomic E-state index is 5.30. The van der Waals surface area contributed by atoms with Crippen LogP contribution in [0.3, 0.4) is 0 Å². The number of benzene rings is 1. The van der Waals surface area contributed by atoms with Crippen LogP contribution in [0.25, 0.3) is 11.5 Å². The Balaban J connectivity index is 1.75. The minimum Gasteiger partial charge on any atom is -0.334 e. The number of aromatic nitrogens is 5. The zero-order valence-corrected chi connectivity index (χ0v) is 13.1. The molecule has 0 atom stereocenters. The van der Waals surface area contributed by atoms with Crippen molar-refractivity contribution in [2.45, 2.75) is 19.9 Å². The standard InChI is InChI=1S/C14H14BrN5O/c1-10-3-2-4-11(7-10)14-16-13(18-21-14)9-20-8-12(5-6-15)17-19-20/h2-4,7-8H,5-6,9H2,1H3. The first kappa shape index (κ1) is 13.9. The quantitative estimate of drug-likeness (QED) is 0.663. The first-order valence-corrected chi connectivity index (χ1v) is 7.71. The molecule has 108 valence electrons. The van der Waals surface area contributed by atoms with Gasteiger partial charge in [-0.25, -0.2) is 4.68 Å². The molecule has 7 heteroatoms. The van der Waals surface area contributed by atoms with Crippen LogP contribution in [0, 0.1) is 6.92 Å². The average Bonchev–Trinajstić information content (AvgIpc) is 3.10. The van der Waals surface area contributed by atoms with Crippen LogP contribution in [0.4, 0.5) is 0 Å². The highest BCUT2D eigenvalue weighted by Crippen LogP contribution is 2.18. The molecule has 2 heterocycles. The third kappa shape index (κ3) is 3.36. The Morgan fingerprint density at radius 1 is 1.33 bits per heavy atom. The molecular weight excluding hydrogens is 334 g/mol. The Bertz CT molecular complexity index is 736. The second kappa shape index (κ2) is 6.17. The SMILES string of the molecule is Cc1cccc(-c2nc(Cn3cc(CCBr)nn3)no2)c1. The molecule has 0 spiro atoms. The number of rotatable bonds is 5. The smallest absolute Gasteiger partial charge is 0.257 e. The summed E-state index contributed by atoms with van der Waals surface area (Å²) in [6.07, 6.45) is 2.74. The lowest BCUT2D eigenvalue weighted by atomic mass is 10.1. The van der Waals surface area contributed by atoms with Gasteiger partial charge in [-0.05, 0) is 19.1 Å². The summed E-state index contributed by atoms with van der Waals surface area (Å²) in [6, 6.07) is 7.97. The van der Waals surface area contributed by atoms with Crippen LogP contribution in [0.15, 0.2) is 35.0 Å². The second-order valence-electron chi connectivity index (χ2n) is 4.73. The molecule has 0 bridgehead atoms. The molecule has 6 nitrogen and oxygen atoms in total. The molecule has 3 rings (SSSR count). The van der Waals surface area contributed by atoms with Crippen molar-refractivity contribution < 1.29 is 4.52 Å². The molecule has 0 unspecified atom stereocenters. The van der Waals surface area contributed by atoms with Crippen molar-refractivity contribution in [2.24, 2.45) is 0 Å². The van der Waals surface area contributed by atoms with Gasteiger partial charge in [0.1, 0.15) is 6.54 Å². The Morgan fingerprint density at radius 2 is 2.24 bits per heavy atom. The summed E-state index contributed by atoms with van der Waals surface area (Å²) in [5, 5.41) is 13.0. The minimum atomic E-state index is 0.449. The molecule has 0 aliphatic rings. The molecule has 0 N–H and O–H groups in total. The topological polar surface area (TPSA) is 69.6 Å². The minimum absolute atomic E-state index is 0.449. The second-order valence-corrected chi connectivity index (χ2v) is 5.52. The summed E-state index contributed by atoms with van der Waals surface area (Å²) in [5.74, 6) is 1.11. The van der Waals surface area contributed by atoms with Crippen molar-refractivity contribution in [1.29, 1.82) is 0 Å². The fraction of sp³-hybridized carbons (Fsp3) is 0.286. The summed E-state index contributed by atoms with van der Waals surface area (Å²) < 4.78 is 7.01. The number of nitrogens with zero attached hydrogens (tertiary/aromatic N) is 5. The molecule has 0 fully saturated rings. The third-order valence-corrected chi connectivity index (χ3v) is 3.37. The first-order valence-electron chi connectivity index (χ1n) is 6.59. The lowest BCUT2D eigenvalue weighted by molar-refractivity contribution is 0.418. The van der Waals surface area contributed by atoms with E-state index >= 15 is 0 Å². The Labute approximate surface area is 130 Å². The van der Waals surface area contributed by atoms with E-state index in [1.165, 1.54) is 0 Å². The Kier molecular flexibility index (Phi) is 4.10. The van der Waals surface area contributed by atoms with E-state index in [1.807, 2.05) is 37.4 Å². The molecule has 0 saturated heterocycles. The van der Waals surface area contributed by atoms with Gasteiger partial charge in [0, 0.05) is 23.5 Å². The van der Waals surface area contributed by atoms with Crippen LogP contribution in [0.1, 0.15) is 17.1 Å². The van der Waals surface area contributed by atoms with E-state index in [9.17, 15) is 0 Å². The van der Waals surface area contributed by atoms with Crippen molar-refractivity contribution in [3.63, 3.8) is 0 Å². The lowest BCUT2D eigenvalue weighted by Crippen LogP contribution is -2.02. The van der Waals surface area contributed by atoms with Crippen molar-refractivity contribution >= 4 is 15.9 Å². The largest absolute Gasteiger partial charge is 0.334 e. The van der Waals surface area contributed by atoms with Crippen LogP contribution in [-0.4, -0.2) is 30.5 Å². The molecule has 0 radical (unpaired) electrons. The fourth-order valence-electron chi connectivity index (χ4n) is 1.99. The summed E-state index contributed by atoms with van der Waals surface area (Å²) in [5.41, 5.74) is 3.02. The fourth-order valence-corrected chi connectivity index (χ4v) is 2.39. The maximum Gasteiger partial charge on any atom is 0.257 e. The van der Waals surface area contributed by atoms with Gasteiger partial charge in [0.05, 0.1) is 5.69 Å². The van der Waals surface area contributed by atoms with Gasteiger partial charge in [0.2, 0.25) is 0 Å². The molecule has 0 saturated carbocycles. The summed E-state index contributed by atoms with van der Waals surface area (Å²) in [6.45, 7) is 2.48. The summed E-state index contributed by atoms with van der Waals surface area (Å²) in [7, 11) is 0. The van der Waals surface area contributed by atoms with Gasteiger partial charge < -0.3 is 4.52 Å². The monoisotopic (exact) mass is 347 g/mol.